The van der Waals surface area contributed by atoms with Crippen LogP contribution in [0.15, 0.2) is 12.4 Å². The fraction of sp³-hybridized carbons (Fsp3) is 0.692. The van der Waals surface area contributed by atoms with Gasteiger partial charge in [0.2, 0.25) is 5.88 Å². The summed E-state index contributed by atoms with van der Waals surface area (Å²) < 4.78 is 44.2. The number of ether oxygens (including phenoxy) is 1. The van der Waals surface area contributed by atoms with Crippen molar-refractivity contribution >= 4 is 0 Å². The van der Waals surface area contributed by atoms with E-state index in [1.54, 1.807) is 0 Å². The Bertz CT molecular complexity index is 453. The van der Waals surface area contributed by atoms with Gasteiger partial charge in [-0.05, 0) is 12.8 Å². The molecule has 20 heavy (non-hydrogen) atoms. The summed E-state index contributed by atoms with van der Waals surface area (Å²) in [6.45, 7) is 0. The van der Waals surface area contributed by atoms with Crippen molar-refractivity contribution in [1.29, 1.82) is 0 Å². The zero-order valence-electron chi connectivity index (χ0n) is 11.1. The van der Waals surface area contributed by atoms with Crippen LogP contribution in [-0.4, -0.2) is 28.4 Å². The zero-order valence-corrected chi connectivity index (χ0v) is 11.1. The molecule has 3 unspecified atom stereocenters. The predicted molar refractivity (Wildman–Crippen MR) is 65.0 cm³/mol. The molecule has 3 atom stereocenters. The van der Waals surface area contributed by atoms with Gasteiger partial charge >= 0.3 is 6.18 Å². The molecule has 1 heterocycles. The van der Waals surface area contributed by atoms with Gasteiger partial charge in [0.25, 0.3) is 0 Å². The summed E-state index contributed by atoms with van der Waals surface area (Å²) in [7, 11) is 1.35. The van der Waals surface area contributed by atoms with E-state index in [-0.39, 0.29) is 18.0 Å². The van der Waals surface area contributed by atoms with Crippen LogP contribution in [0.1, 0.15) is 37.5 Å². The number of rotatable bonds is 3. The van der Waals surface area contributed by atoms with E-state index >= 15 is 0 Å². The van der Waals surface area contributed by atoms with Crippen molar-refractivity contribution in [2.45, 2.75) is 38.0 Å². The number of hydrogen-bond donors (Lipinski definition) is 1. The molecular weight excluding hydrogens is 273 g/mol. The van der Waals surface area contributed by atoms with Gasteiger partial charge in [-0.2, -0.15) is 13.2 Å². The van der Waals surface area contributed by atoms with E-state index in [0.717, 1.165) is 0 Å². The fourth-order valence-corrected chi connectivity index (χ4v) is 2.84. The van der Waals surface area contributed by atoms with Crippen LogP contribution >= 0.6 is 0 Å². The number of aromatic nitrogens is 2. The Morgan fingerprint density at radius 1 is 1.25 bits per heavy atom. The number of alkyl halides is 3. The third-order valence-corrected chi connectivity index (χ3v) is 3.81. The molecule has 0 bridgehead atoms. The van der Waals surface area contributed by atoms with Gasteiger partial charge in [0.15, 0.2) is 0 Å². The number of halogens is 3. The molecule has 7 heteroatoms. The monoisotopic (exact) mass is 290 g/mol. The highest BCUT2D eigenvalue weighted by Crippen LogP contribution is 2.46. The molecule has 1 aliphatic rings. The minimum atomic E-state index is -4.30. The Balaban J connectivity index is 2.27. The Kier molecular flexibility index (Phi) is 4.47. The molecule has 0 amide bonds. The highest BCUT2D eigenvalue weighted by Gasteiger charge is 2.48. The minimum Gasteiger partial charge on any atom is -0.480 e. The predicted octanol–water partition coefficient (Wildman–Crippen LogP) is 2.89. The van der Waals surface area contributed by atoms with Crippen molar-refractivity contribution in [3.63, 3.8) is 0 Å². The van der Waals surface area contributed by atoms with Crippen LogP contribution < -0.4 is 4.74 Å². The molecule has 4 nitrogen and oxygen atoms in total. The maximum atomic E-state index is 13.1. The van der Waals surface area contributed by atoms with Crippen LogP contribution in [0.4, 0.5) is 13.2 Å². The molecular formula is C13H17F3N2O2. The van der Waals surface area contributed by atoms with Gasteiger partial charge in [0.05, 0.1) is 13.0 Å². The summed E-state index contributed by atoms with van der Waals surface area (Å²) in [4.78, 5) is 7.81. The first-order valence-electron chi connectivity index (χ1n) is 6.54. The Hall–Kier alpha value is -1.37. The van der Waals surface area contributed by atoms with E-state index in [0.29, 0.717) is 19.3 Å². The molecule has 0 aromatic carbocycles. The van der Waals surface area contributed by atoms with Gasteiger partial charge in [-0.15, -0.1) is 0 Å². The van der Waals surface area contributed by atoms with E-state index in [9.17, 15) is 18.3 Å². The Labute approximate surface area is 115 Å². The topological polar surface area (TPSA) is 55.2 Å². The van der Waals surface area contributed by atoms with Crippen LogP contribution in [0.2, 0.25) is 0 Å². The van der Waals surface area contributed by atoms with Crippen molar-refractivity contribution in [3.8, 4) is 5.88 Å². The van der Waals surface area contributed by atoms with Gasteiger partial charge < -0.3 is 9.84 Å². The number of methoxy groups -OCH3 is 1. The van der Waals surface area contributed by atoms with E-state index in [4.69, 9.17) is 4.74 Å². The van der Waals surface area contributed by atoms with E-state index in [2.05, 4.69) is 9.97 Å². The highest BCUT2D eigenvalue weighted by molar-refractivity contribution is 5.20. The van der Waals surface area contributed by atoms with Crippen LogP contribution in [0, 0.1) is 11.8 Å². The van der Waals surface area contributed by atoms with Crippen LogP contribution in [0.5, 0.6) is 5.88 Å². The fourth-order valence-electron chi connectivity index (χ4n) is 2.84. The summed E-state index contributed by atoms with van der Waals surface area (Å²) in [6, 6.07) is 0. The Morgan fingerprint density at radius 2 is 1.90 bits per heavy atom. The molecule has 1 aliphatic carbocycles. The Morgan fingerprint density at radius 3 is 2.55 bits per heavy atom. The minimum absolute atomic E-state index is 0.0494. The standard InChI is InChI=1S/C13H17F3N2O2/c1-20-12-10(17-6-7-18-12)11(19)8-4-2-3-5-9(8)13(14,15)16/h6-9,11,19H,2-5H2,1H3. The molecule has 1 fully saturated rings. The largest absolute Gasteiger partial charge is 0.480 e. The number of hydrogen-bond acceptors (Lipinski definition) is 4. The summed E-state index contributed by atoms with van der Waals surface area (Å²) in [5.74, 6) is -2.32. The van der Waals surface area contributed by atoms with Crippen molar-refractivity contribution in [3.05, 3.63) is 18.1 Å². The molecule has 1 saturated carbocycles. The molecule has 0 aliphatic heterocycles. The van der Waals surface area contributed by atoms with E-state index in [1.807, 2.05) is 0 Å². The number of nitrogens with zero attached hydrogens (tertiary/aromatic N) is 2. The average molecular weight is 290 g/mol. The first kappa shape index (κ1) is 15.0. The van der Waals surface area contributed by atoms with Crippen molar-refractivity contribution in [2.24, 2.45) is 11.8 Å². The van der Waals surface area contributed by atoms with Crippen LogP contribution in [0.3, 0.4) is 0 Å². The van der Waals surface area contributed by atoms with E-state index in [1.165, 1.54) is 19.5 Å². The molecule has 0 radical (unpaired) electrons. The van der Waals surface area contributed by atoms with Crippen LogP contribution in [0.25, 0.3) is 0 Å². The molecule has 1 aromatic rings. The first-order valence-corrected chi connectivity index (χ1v) is 6.54. The lowest BCUT2D eigenvalue weighted by atomic mass is 9.75. The normalized spacial score (nSPS) is 25.2. The lowest BCUT2D eigenvalue weighted by molar-refractivity contribution is -0.207. The molecule has 0 spiro atoms. The third-order valence-electron chi connectivity index (χ3n) is 3.81. The summed E-state index contributed by atoms with van der Waals surface area (Å²) in [6.07, 6.45) is -1.32. The van der Waals surface area contributed by atoms with Crippen molar-refractivity contribution in [2.75, 3.05) is 7.11 Å². The van der Waals surface area contributed by atoms with Gasteiger partial charge in [-0.3, -0.25) is 4.98 Å². The smallest absolute Gasteiger partial charge is 0.392 e. The van der Waals surface area contributed by atoms with Gasteiger partial charge in [-0.1, -0.05) is 12.8 Å². The molecule has 1 N–H and O–H groups in total. The molecule has 112 valence electrons. The van der Waals surface area contributed by atoms with Gasteiger partial charge in [0.1, 0.15) is 11.8 Å². The maximum absolute atomic E-state index is 13.1. The first-order chi connectivity index (χ1) is 9.45. The number of aliphatic hydroxyl groups excluding tert-OH is 1. The van der Waals surface area contributed by atoms with Crippen molar-refractivity contribution in [1.82, 2.24) is 9.97 Å². The third kappa shape index (κ3) is 3.03. The maximum Gasteiger partial charge on any atom is 0.392 e. The quantitative estimate of drug-likeness (QED) is 0.930. The lowest BCUT2D eigenvalue weighted by Gasteiger charge is -2.35. The summed E-state index contributed by atoms with van der Waals surface area (Å²) in [5.41, 5.74) is 0.0798. The lowest BCUT2D eigenvalue weighted by Crippen LogP contribution is -2.36. The SMILES string of the molecule is COc1nccnc1C(O)C1CCCCC1C(F)(F)F. The molecule has 1 aromatic heterocycles. The van der Waals surface area contributed by atoms with Crippen LogP contribution in [-0.2, 0) is 0 Å². The average Bonchev–Trinajstić information content (AvgIpc) is 2.45. The second-order valence-electron chi connectivity index (χ2n) is 4.99. The summed E-state index contributed by atoms with van der Waals surface area (Å²) in [5, 5.41) is 10.3. The number of aliphatic hydroxyl groups is 1. The molecule has 2 rings (SSSR count). The highest BCUT2D eigenvalue weighted by atomic mass is 19.4. The van der Waals surface area contributed by atoms with Crippen molar-refractivity contribution < 1.29 is 23.0 Å². The second-order valence-corrected chi connectivity index (χ2v) is 4.99. The van der Waals surface area contributed by atoms with E-state index < -0.39 is 24.1 Å². The second kappa shape index (κ2) is 5.95. The van der Waals surface area contributed by atoms with Gasteiger partial charge in [0, 0.05) is 18.3 Å². The zero-order chi connectivity index (χ0) is 14.8. The summed E-state index contributed by atoms with van der Waals surface area (Å²) >= 11 is 0. The molecule has 0 saturated heterocycles. The van der Waals surface area contributed by atoms with Gasteiger partial charge in [-0.25, -0.2) is 4.98 Å².